The summed E-state index contributed by atoms with van der Waals surface area (Å²) in [4.78, 5) is 30.2. The van der Waals surface area contributed by atoms with Gasteiger partial charge in [-0.3, -0.25) is 14.2 Å². The second kappa shape index (κ2) is 11.0. The first-order valence-corrected chi connectivity index (χ1v) is 11.1. The lowest BCUT2D eigenvalue weighted by molar-refractivity contribution is -0.121. The van der Waals surface area contributed by atoms with Crippen molar-refractivity contribution in [3.05, 3.63) is 75.3 Å². The van der Waals surface area contributed by atoms with E-state index in [0.29, 0.717) is 29.7 Å². The summed E-state index contributed by atoms with van der Waals surface area (Å²) >= 11 is 5.35. The number of carbonyl (C=O) groups is 1. The van der Waals surface area contributed by atoms with E-state index in [1.165, 1.54) is 5.56 Å². The zero-order valence-corrected chi connectivity index (χ0v) is 19.0. The van der Waals surface area contributed by atoms with Crippen LogP contribution in [0.15, 0.2) is 59.4 Å². The molecule has 0 aliphatic carbocycles. The van der Waals surface area contributed by atoms with Gasteiger partial charge in [0.05, 0.1) is 16.9 Å². The number of likely N-dealkylation sites (N-methyl/N-ethyl adjacent to an activating group) is 1. The van der Waals surface area contributed by atoms with Gasteiger partial charge in [-0.2, -0.15) is 0 Å². The average Bonchev–Trinajstić information content (AvgIpc) is 2.76. The maximum absolute atomic E-state index is 12.7. The third kappa shape index (κ3) is 6.12. The van der Waals surface area contributed by atoms with Crippen LogP contribution in [0, 0.1) is 4.77 Å². The Kier molecular flexibility index (Phi) is 8.14. The van der Waals surface area contributed by atoms with Crippen molar-refractivity contribution in [1.29, 1.82) is 0 Å². The summed E-state index contributed by atoms with van der Waals surface area (Å²) in [6.45, 7) is 1.13. The number of hydrogen-bond acceptors (Lipinski definition) is 4. The molecule has 1 unspecified atom stereocenters. The molecule has 0 spiro atoms. The summed E-state index contributed by atoms with van der Waals surface area (Å²) in [7, 11) is 4.03. The van der Waals surface area contributed by atoms with E-state index in [9.17, 15) is 9.59 Å². The standard InChI is InChI=1S/C24H30N4O2S/c1-27(2)21(18-11-5-3-6-12-18)17-25-22(29)15-7-4-10-16-28-23(30)19-13-8-9-14-20(19)26-24(28)31/h3,5-6,8-9,11-14,21H,4,7,10,15-17H2,1-2H3,(H,25,29)(H,26,31). The molecular formula is C24H30N4O2S. The van der Waals surface area contributed by atoms with Crippen molar-refractivity contribution in [2.45, 2.75) is 38.3 Å². The van der Waals surface area contributed by atoms with Crippen LogP contribution in [0.3, 0.4) is 0 Å². The summed E-state index contributed by atoms with van der Waals surface area (Å²) in [5.41, 5.74) is 1.88. The minimum Gasteiger partial charge on any atom is -0.354 e. The first-order valence-electron chi connectivity index (χ1n) is 10.7. The van der Waals surface area contributed by atoms with Gasteiger partial charge in [-0.15, -0.1) is 0 Å². The molecule has 0 radical (unpaired) electrons. The molecule has 0 saturated heterocycles. The number of H-pyrrole nitrogens is 1. The summed E-state index contributed by atoms with van der Waals surface area (Å²) in [5, 5.41) is 3.69. The number of aromatic nitrogens is 2. The lowest BCUT2D eigenvalue weighted by Gasteiger charge is -2.25. The summed E-state index contributed by atoms with van der Waals surface area (Å²) in [5.74, 6) is 0.0583. The van der Waals surface area contributed by atoms with Crippen molar-refractivity contribution < 1.29 is 4.79 Å². The molecular weight excluding hydrogens is 408 g/mol. The van der Waals surface area contributed by atoms with Gasteiger partial charge in [-0.05, 0) is 56.9 Å². The maximum Gasteiger partial charge on any atom is 0.262 e. The molecule has 2 N–H and O–H groups in total. The molecule has 3 rings (SSSR count). The van der Waals surface area contributed by atoms with Crippen LogP contribution in [0.4, 0.5) is 0 Å². The molecule has 1 atom stereocenters. The van der Waals surface area contributed by atoms with Crippen LogP contribution in [0.5, 0.6) is 0 Å². The first-order chi connectivity index (χ1) is 15.0. The van der Waals surface area contributed by atoms with E-state index in [0.717, 1.165) is 24.8 Å². The number of carbonyl (C=O) groups excluding carboxylic acids is 1. The molecule has 1 aromatic heterocycles. The minimum absolute atomic E-state index is 0.0583. The highest BCUT2D eigenvalue weighted by atomic mass is 32.1. The van der Waals surface area contributed by atoms with E-state index in [1.807, 2.05) is 50.5 Å². The first kappa shape index (κ1) is 22.9. The zero-order chi connectivity index (χ0) is 22.2. The number of hydrogen-bond donors (Lipinski definition) is 2. The third-order valence-corrected chi connectivity index (χ3v) is 5.80. The molecule has 31 heavy (non-hydrogen) atoms. The van der Waals surface area contributed by atoms with Gasteiger partial charge in [0.25, 0.3) is 5.56 Å². The number of aromatic amines is 1. The number of unbranched alkanes of at least 4 members (excludes halogenated alkanes) is 2. The van der Waals surface area contributed by atoms with Crippen molar-refractivity contribution in [3.8, 4) is 0 Å². The second-order valence-corrected chi connectivity index (χ2v) is 8.32. The molecule has 3 aromatic rings. The quantitative estimate of drug-likeness (QED) is 0.370. The number of fused-ring (bicyclic) bond motifs is 1. The van der Waals surface area contributed by atoms with Crippen molar-refractivity contribution in [3.63, 3.8) is 0 Å². The molecule has 2 aromatic carbocycles. The van der Waals surface area contributed by atoms with E-state index >= 15 is 0 Å². The predicted octanol–water partition coefficient (Wildman–Crippen LogP) is 4.04. The van der Waals surface area contributed by atoms with Crippen molar-refractivity contribution in [2.24, 2.45) is 0 Å². The van der Waals surface area contributed by atoms with Gasteiger partial charge >= 0.3 is 0 Å². The van der Waals surface area contributed by atoms with Crippen LogP contribution < -0.4 is 10.9 Å². The zero-order valence-electron chi connectivity index (χ0n) is 18.1. The topological polar surface area (TPSA) is 70.1 Å². The summed E-state index contributed by atoms with van der Waals surface area (Å²) < 4.78 is 2.05. The van der Waals surface area contributed by atoms with Gasteiger partial charge in [0.2, 0.25) is 5.91 Å². The van der Waals surface area contributed by atoms with Crippen LogP contribution in [0.2, 0.25) is 0 Å². The van der Waals surface area contributed by atoms with Crippen molar-refractivity contribution in [2.75, 3.05) is 20.6 Å². The van der Waals surface area contributed by atoms with E-state index in [2.05, 4.69) is 27.3 Å². The smallest absolute Gasteiger partial charge is 0.262 e. The highest BCUT2D eigenvalue weighted by Gasteiger charge is 2.14. The molecule has 0 aliphatic heterocycles. The van der Waals surface area contributed by atoms with Gasteiger partial charge in [0.1, 0.15) is 0 Å². The molecule has 1 amide bonds. The number of nitrogens with zero attached hydrogens (tertiary/aromatic N) is 2. The van der Waals surface area contributed by atoms with Crippen LogP contribution in [-0.4, -0.2) is 41.0 Å². The predicted molar refractivity (Wildman–Crippen MR) is 128 cm³/mol. The maximum atomic E-state index is 12.7. The molecule has 0 bridgehead atoms. The van der Waals surface area contributed by atoms with Gasteiger partial charge in [0.15, 0.2) is 4.77 Å². The minimum atomic E-state index is -0.0623. The third-order valence-electron chi connectivity index (χ3n) is 5.48. The average molecular weight is 439 g/mol. The van der Waals surface area contributed by atoms with E-state index in [4.69, 9.17) is 12.2 Å². The summed E-state index contributed by atoms with van der Waals surface area (Å²) in [6.07, 6.45) is 2.92. The highest BCUT2D eigenvalue weighted by Crippen LogP contribution is 2.16. The SMILES string of the molecule is CN(C)C(CNC(=O)CCCCCn1c(=S)[nH]c2ccccc2c1=O)c1ccccc1. The van der Waals surface area contributed by atoms with E-state index in [1.54, 1.807) is 10.6 Å². The molecule has 0 fully saturated rings. The molecule has 7 heteroatoms. The number of benzene rings is 2. The lowest BCUT2D eigenvalue weighted by atomic mass is 10.1. The second-order valence-electron chi connectivity index (χ2n) is 7.94. The van der Waals surface area contributed by atoms with E-state index < -0.39 is 0 Å². The molecule has 0 saturated carbocycles. The van der Waals surface area contributed by atoms with Crippen LogP contribution in [0.25, 0.3) is 10.9 Å². The largest absolute Gasteiger partial charge is 0.354 e. The fourth-order valence-corrected chi connectivity index (χ4v) is 3.99. The van der Waals surface area contributed by atoms with Crippen LogP contribution in [-0.2, 0) is 11.3 Å². The molecule has 6 nitrogen and oxygen atoms in total. The van der Waals surface area contributed by atoms with Gasteiger partial charge in [-0.25, -0.2) is 0 Å². The number of amides is 1. The van der Waals surface area contributed by atoms with Crippen molar-refractivity contribution >= 4 is 29.0 Å². The van der Waals surface area contributed by atoms with Crippen LogP contribution >= 0.6 is 12.2 Å². The molecule has 164 valence electrons. The Balaban J connectivity index is 1.44. The monoisotopic (exact) mass is 438 g/mol. The normalized spacial score (nSPS) is 12.2. The van der Waals surface area contributed by atoms with Crippen LogP contribution in [0.1, 0.15) is 37.3 Å². The Morgan fingerprint density at radius 2 is 1.77 bits per heavy atom. The summed E-state index contributed by atoms with van der Waals surface area (Å²) in [6, 6.07) is 17.7. The number of nitrogens with one attached hydrogen (secondary N) is 2. The van der Waals surface area contributed by atoms with Gasteiger partial charge in [0, 0.05) is 19.5 Å². The highest BCUT2D eigenvalue weighted by molar-refractivity contribution is 7.71. The van der Waals surface area contributed by atoms with Crippen molar-refractivity contribution in [1.82, 2.24) is 19.8 Å². The Morgan fingerprint density at radius 1 is 1.06 bits per heavy atom. The molecule has 0 aliphatic rings. The lowest BCUT2D eigenvalue weighted by Crippen LogP contribution is -2.34. The Bertz CT molecular complexity index is 1120. The number of para-hydroxylation sites is 1. The van der Waals surface area contributed by atoms with Gasteiger partial charge < -0.3 is 15.2 Å². The van der Waals surface area contributed by atoms with Gasteiger partial charge in [-0.1, -0.05) is 48.9 Å². The Labute approximate surface area is 187 Å². The molecule has 1 heterocycles. The fourth-order valence-electron chi connectivity index (χ4n) is 3.71. The van der Waals surface area contributed by atoms with E-state index in [-0.39, 0.29) is 17.5 Å². The fraction of sp³-hybridized carbons (Fsp3) is 0.375. The Morgan fingerprint density at radius 3 is 2.52 bits per heavy atom. The Hall–Kier alpha value is -2.77. The number of rotatable bonds is 10.